The van der Waals surface area contributed by atoms with E-state index in [1.165, 1.54) is 7.11 Å². The Labute approximate surface area is 154 Å². The van der Waals surface area contributed by atoms with E-state index in [2.05, 4.69) is 21.2 Å². The Kier molecular flexibility index (Phi) is 6.82. The minimum absolute atomic E-state index is 0.199. The molecule has 0 heterocycles. The van der Waals surface area contributed by atoms with E-state index in [0.717, 1.165) is 15.6 Å². The van der Waals surface area contributed by atoms with Crippen LogP contribution >= 0.6 is 27.5 Å². The molecular weight excluding hydrogens is 394 g/mol. The molecule has 1 amide bonds. The van der Waals surface area contributed by atoms with Crippen LogP contribution in [-0.4, -0.2) is 25.0 Å². The van der Waals surface area contributed by atoms with Crippen LogP contribution in [0.15, 0.2) is 53.0 Å². The third kappa shape index (κ3) is 5.35. The van der Waals surface area contributed by atoms with E-state index >= 15 is 0 Å². The highest BCUT2D eigenvalue weighted by Crippen LogP contribution is 2.22. The van der Waals surface area contributed by atoms with Gasteiger partial charge in [0, 0.05) is 15.9 Å². The first-order chi connectivity index (χ1) is 11.5. The van der Waals surface area contributed by atoms with Gasteiger partial charge >= 0.3 is 5.97 Å². The minimum Gasteiger partial charge on any atom is -0.467 e. The van der Waals surface area contributed by atoms with Gasteiger partial charge in [0.25, 0.3) is 0 Å². The quantitative estimate of drug-likeness (QED) is 0.741. The van der Waals surface area contributed by atoms with Crippen molar-refractivity contribution in [2.24, 2.45) is 0 Å². The van der Waals surface area contributed by atoms with Gasteiger partial charge in [0.2, 0.25) is 5.91 Å². The Morgan fingerprint density at radius 2 is 1.92 bits per heavy atom. The van der Waals surface area contributed by atoms with Gasteiger partial charge in [-0.25, -0.2) is 4.79 Å². The SMILES string of the molecule is COC(=O)[C@@H](Cc1cc(Cl)ccc1Br)NC(=O)Cc1ccccc1. The maximum atomic E-state index is 12.2. The van der Waals surface area contributed by atoms with Crippen LogP contribution in [0.5, 0.6) is 0 Å². The van der Waals surface area contributed by atoms with Crippen molar-refractivity contribution in [3.8, 4) is 0 Å². The van der Waals surface area contributed by atoms with E-state index in [4.69, 9.17) is 16.3 Å². The molecule has 0 radical (unpaired) electrons. The second kappa shape index (κ2) is 8.85. The lowest BCUT2D eigenvalue weighted by molar-refractivity contribution is -0.145. The zero-order valence-electron chi connectivity index (χ0n) is 13.1. The molecule has 0 bridgehead atoms. The average molecular weight is 411 g/mol. The molecule has 2 aromatic carbocycles. The van der Waals surface area contributed by atoms with Gasteiger partial charge < -0.3 is 10.1 Å². The van der Waals surface area contributed by atoms with Crippen molar-refractivity contribution in [1.82, 2.24) is 5.32 Å². The Morgan fingerprint density at radius 3 is 2.58 bits per heavy atom. The van der Waals surface area contributed by atoms with Crippen LogP contribution in [0.25, 0.3) is 0 Å². The van der Waals surface area contributed by atoms with Crippen molar-refractivity contribution in [1.29, 1.82) is 0 Å². The van der Waals surface area contributed by atoms with E-state index in [1.54, 1.807) is 18.2 Å². The first kappa shape index (κ1) is 18.5. The number of hydrogen-bond donors (Lipinski definition) is 1. The summed E-state index contributed by atoms with van der Waals surface area (Å²) in [6, 6.07) is 13.9. The number of esters is 1. The number of carbonyl (C=O) groups excluding carboxylic acids is 2. The Hall–Kier alpha value is -1.85. The monoisotopic (exact) mass is 409 g/mol. The number of ether oxygens (including phenoxy) is 1. The normalized spacial score (nSPS) is 11.6. The van der Waals surface area contributed by atoms with E-state index < -0.39 is 12.0 Å². The summed E-state index contributed by atoms with van der Waals surface area (Å²) < 4.78 is 5.62. The molecule has 6 heteroatoms. The van der Waals surface area contributed by atoms with Crippen molar-refractivity contribution in [3.05, 3.63) is 69.2 Å². The topological polar surface area (TPSA) is 55.4 Å². The van der Waals surface area contributed by atoms with E-state index in [-0.39, 0.29) is 18.7 Å². The third-order valence-corrected chi connectivity index (χ3v) is 4.47. The molecule has 0 saturated carbocycles. The molecule has 0 aliphatic carbocycles. The molecule has 2 aromatic rings. The molecule has 0 aliphatic heterocycles. The van der Waals surface area contributed by atoms with Gasteiger partial charge in [-0.1, -0.05) is 57.9 Å². The standard InChI is InChI=1S/C18H17BrClNO3/c1-24-18(23)16(11-13-10-14(20)7-8-15(13)19)21-17(22)9-12-5-3-2-4-6-12/h2-8,10,16H,9,11H2,1H3,(H,21,22)/t16-/m1/s1. The van der Waals surface area contributed by atoms with Crippen LogP contribution in [0.1, 0.15) is 11.1 Å². The molecule has 1 N–H and O–H groups in total. The number of amides is 1. The van der Waals surface area contributed by atoms with Gasteiger partial charge in [-0.05, 0) is 29.3 Å². The summed E-state index contributed by atoms with van der Waals surface area (Å²) in [6.45, 7) is 0. The van der Waals surface area contributed by atoms with Crippen LogP contribution < -0.4 is 5.32 Å². The molecule has 1 atom stereocenters. The maximum absolute atomic E-state index is 12.2. The number of methoxy groups -OCH3 is 1. The summed E-state index contributed by atoms with van der Waals surface area (Å²) in [4.78, 5) is 24.2. The summed E-state index contributed by atoms with van der Waals surface area (Å²) in [7, 11) is 1.30. The lowest BCUT2D eigenvalue weighted by Crippen LogP contribution is -2.43. The molecule has 0 unspecified atom stereocenters. The van der Waals surface area contributed by atoms with Crippen LogP contribution in [0, 0.1) is 0 Å². The fourth-order valence-electron chi connectivity index (χ4n) is 2.28. The van der Waals surface area contributed by atoms with Gasteiger partial charge in [0.15, 0.2) is 0 Å². The molecule has 2 rings (SSSR count). The number of hydrogen-bond acceptors (Lipinski definition) is 3. The van der Waals surface area contributed by atoms with Crippen molar-refractivity contribution in [3.63, 3.8) is 0 Å². The molecule has 0 aromatic heterocycles. The fraction of sp³-hybridized carbons (Fsp3) is 0.222. The van der Waals surface area contributed by atoms with Gasteiger partial charge in [-0.15, -0.1) is 0 Å². The summed E-state index contributed by atoms with van der Waals surface area (Å²) in [5.41, 5.74) is 1.69. The van der Waals surface area contributed by atoms with E-state index in [9.17, 15) is 9.59 Å². The number of rotatable bonds is 6. The van der Waals surface area contributed by atoms with Crippen LogP contribution in [-0.2, 0) is 27.2 Å². The van der Waals surface area contributed by atoms with E-state index in [0.29, 0.717) is 5.02 Å². The Morgan fingerprint density at radius 1 is 1.21 bits per heavy atom. The predicted molar refractivity (Wildman–Crippen MR) is 96.9 cm³/mol. The maximum Gasteiger partial charge on any atom is 0.328 e. The molecular formula is C18H17BrClNO3. The number of benzene rings is 2. The Balaban J connectivity index is 2.09. The molecule has 0 spiro atoms. The number of carbonyl (C=O) groups is 2. The average Bonchev–Trinajstić information content (AvgIpc) is 2.57. The Bertz CT molecular complexity index is 721. The second-order valence-corrected chi connectivity index (χ2v) is 6.54. The zero-order chi connectivity index (χ0) is 17.5. The predicted octanol–water partition coefficient (Wildman–Crippen LogP) is 3.55. The molecule has 126 valence electrons. The van der Waals surface area contributed by atoms with Crippen molar-refractivity contribution < 1.29 is 14.3 Å². The van der Waals surface area contributed by atoms with Crippen LogP contribution in [0.2, 0.25) is 5.02 Å². The van der Waals surface area contributed by atoms with Gasteiger partial charge in [-0.3, -0.25) is 4.79 Å². The van der Waals surface area contributed by atoms with Crippen molar-refractivity contribution in [2.45, 2.75) is 18.9 Å². The van der Waals surface area contributed by atoms with Crippen molar-refractivity contribution in [2.75, 3.05) is 7.11 Å². The molecule has 0 aliphatic rings. The first-order valence-corrected chi connectivity index (χ1v) is 8.51. The van der Waals surface area contributed by atoms with Crippen molar-refractivity contribution >= 4 is 39.4 Å². The number of halogens is 2. The third-order valence-electron chi connectivity index (χ3n) is 3.46. The molecule has 4 nitrogen and oxygen atoms in total. The van der Waals surface area contributed by atoms with Crippen LogP contribution in [0.3, 0.4) is 0 Å². The van der Waals surface area contributed by atoms with Gasteiger partial charge in [-0.2, -0.15) is 0 Å². The summed E-state index contributed by atoms with van der Waals surface area (Å²) in [5, 5.41) is 3.30. The molecule has 0 fully saturated rings. The zero-order valence-corrected chi connectivity index (χ0v) is 15.4. The highest BCUT2D eigenvalue weighted by atomic mass is 79.9. The summed E-state index contributed by atoms with van der Waals surface area (Å²) in [5.74, 6) is -0.738. The summed E-state index contributed by atoms with van der Waals surface area (Å²) in [6.07, 6.45) is 0.486. The highest BCUT2D eigenvalue weighted by molar-refractivity contribution is 9.10. The second-order valence-electron chi connectivity index (χ2n) is 5.25. The smallest absolute Gasteiger partial charge is 0.328 e. The number of nitrogens with one attached hydrogen (secondary N) is 1. The van der Waals surface area contributed by atoms with Crippen LogP contribution in [0.4, 0.5) is 0 Å². The minimum atomic E-state index is -0.777. The first-order valence-electron chi connectivity index (χ1n) is 7.34. The lowest BCUT2D eigenvalue weighted by Gasteiger charge is -2.17. The van der Waals surface area contributed by atoms with Gasteiger partial charge in [0.1, 0.15) is 6.04 Å². The highest BCUT2D eigenvalue weighted by Gasteiger charge is 2.23. The van der Waals surface area contributed by atoms with Gasteiger partial charge in [0.05, 0.1) is 13.5 Å². The molecule has 24 heavy (non-hydrogen) atoms. The molecule has 0 saturated heterocycles. The summed E-state index contributed by atoms with van der Waals surface area (Å²) >= 11 is 9.43. The largest absolute Gasteiger partial charge is 0.467 e. The van der Waals surface area contributed by atoms with E-state index in [1.807, 2.05) is 30.3 Å². The fourth-order valence-corrected chi connectivity index (χ4v) is 2.89. The lowest BCUT2D eigenvalue weighted by atomic mass is 10.1.